The summed E-state index contributed by atoms with van der Waals surface area (Å²) in [6.07, 6.45) is 3.00. The average Bonchev–Trinajstić information content (AvgIpc) is 3.84. The Kier molecular flexibility index (Phi) is 7.99. The number of hydrogen-bond donors (Lipinski definition) is 0. The Morgan fingerprint density at radius 1 is 1.04 bits per heavy atom. The van der Waals surface area contributed by atoms with E-state index in [1.807, 2.05) is 47.8 Å². The smallest absolute Gasteiger partial charge is 0.338 e. The molecule has 240 valence electrons. The number of esters is 1. The zero-order valence-corrected chi connectivity index (χ0v) is 27.5. The number of carbonyl (C=O) groups is 1. The second-order valence-electron chi connectivity index (χ2n) is 10.6. The molecule has 0 saturated heterocycles. The maximum atomic E-state index is 14.3. The number of thiazole rings is 1. The Morgan fingerprint density at radius 3 is 2.54 bits per heavy atom. The van der Waals surface area contributed by atoms with Crippen LogP contribution in [0.4, 0.5) is 5.69 Å². The van der Waals surface area contributed by atoms with E-state index in [9.17, 15) is 28.1 Å². The van der Waals surface area contributed by atoms with Gasteiger partial charge in [0.05, 0.1) is 37.7 Å². The number of rotatable bonds is 8. The molecule has 0 bridgehead atoms. The minimum Gasteiger partial charge on any atom is -0.463 e. The van der Waals surface area contributed by atoms with E-state index in [1.165, 1.54) is 40.3 Å². The maximum Gasteiger partial charge on any atom is 0.338 e. The van der Waals surface area contributed by atoms with Crippen LogP contribution in [-0.2, 0) is 19.6 Å². The fourth-order valence-electron chi connectivity index (χ4n) is 5.66. The van der Waals surface area contributed by atoms with Gasteiger partial charge in [-0.1, -0.05) is 72.0 Å². The average molecular weight is 697 g/mol. The molecule has 1 aliphatic rings. The molecule has 3 aromatic carbocycles. The number of nitro benzene ring substituents is 1. The lowest BCUT2D eigenvalue weighted by Crippen LogP contribution is -2.39. The van der Waals surface area contributed by atoms with Gasteiger partial charge in [-0.25, -0.2) is 22.2 Å². The molecular formula is C34H24N4O7S3. The summed E-state index contributed by atoms with van der Waals surface area (Å²) < 4.78 is 35.9. The Hall–Kier alpha value is -5.44. The zero-order valence-electron chi connectivity index (χ0n) is 25.0. The Balaban J connectivity index is 1.45. The third kappa shape index (κ3) is 5.29. The summed E-state index contributed by atoms with van der Waals surface area (Å²) in [4.78, 5) is 44.3. The van der Waals surface area contributed by atoms with E-state index in [0.29, 0.717) is 32.5 Å². The van der Waals surface area contributed by atoms with E-state index in [4.69, 9.17) is 9.73 Å². The summed E-state index contributed by atoms with van der Waals surface area (Å²) >= 11 is 2.52. The first kappa shape index (κ1) is 31.2. The molecule has 11 nitrogen and oxygen atoms in total. The number of para-hydroxylation sites is 1. The van der Waals surface area contributed by atoms with Crippen LogP contribution >= 0.6 is 22.7 Å². The fourth-order valence-corrected chi connectivity index (χ4v) is 8.89. The molecule has 0 amide bonds. The Labute approximate surface area is 280 Å². The highest BCUT2D eigenvalue weighted by Gasteiger charge is 2.35. The largest absolute Gasteiger partial charge is 0.463 e. The Bertz CT molecular complexity index is 2570. The van der Waals surface area contributed by atoms with Gasteiger partial charge in [-0.15, -0.1) is 11.3 Å². The van der Waals surface area contributed by atoms with Crippen LogP contribution in [0, 0.1) is 10.1 Å². The molecule has 0 aliphatic carbocycles. The van der Waals surface area contributed by atoms with E-state index >= 15 is 0 Å². The molecule has 6 aromatic rings. The van der Waals surface area contributed by atoms with Crippen molar-refractivity contribution in [2.24, 2.45) is 4.99 Å². The lowest BCUT2D eigenvalue weighted by atomic mass is 9.97. The van der Waals surface area contributed by atoms with E-state index in [0.717, 1.165) is 26.3 Å². The van der Waals surface area contributed by atoms with E-state index in [1.54, 1.807) is 37.3 Å². The number of nitro groups is 1. The topological polar surface area (TPSA) is 143 Å². The van der Waals surface area contributed by atoms with Gasteiger partial charge in [0.25, 0.3) is 21.3 Å². The van der Waals surface area contributed by atoms with Gasteiger partial charge in [-0.2, -0.15) is 0 Å². The van der Waals surface area contributed by atoms with Gasteiger partial charge in [0.1, 0.15) is 6.04 Å². The quantitative estimate of drug-likeness (QED) is 0.122. The van der Waals surface area contributed by atoms with Gasteiger partial charge in [0.15, 0.2) is 4.80 Å². The van der Waals surface area contributed by atoms with Crippen LogP contribution in [0.5, 0.6) is 0 Å². The number of nitrogens with zero attached hydrogens (tertiary/aromatic N) is 4. The molecule has 0 spiro atoms. The SMILES string of the molecule is CCOC(=O)C1=C(c2ccccc2)N=c2s/c(=C\c3cn(S(=O)(=O)c4cccc([N+](=O)[O-])c4)c4ccccc34)c(=O)n2[C@@H]1c1cccs1. The number of aromatic nitrogens is 2. The number of benzene rings is 3. The molecule has 0 N–H and O–H groups in total. The van der Waals surface area contributed by atoms with Crippen LogP contribution in [0.3, 0.4) is 0 Å². The van der Waals surface area contributed by atoms with Crippen molar-refractivity contribution in [3.8, 4) is 0 Å². The van der Waals surface area contributed by atoms with Gasteiger partial charge in [0.2, 0.25) is 0 Å². The van der Waals surface area contributed by atoms with Gasteiger partial charge in [-0.05, 0) is 36.6 Å². The summed E-state index contributed by atoms with van der Waals surface area (Å²) in [7, 11) is -4.27. The molecule has 48 heavy (non-hydrogen) atoms. The van der Waals surface area contributed by atoms with Crippen LogP contribution in [-0.4, -0.2) is 34.5 Å². The third-order valence-electron chi connectivity index (χ3n) is 7.77. The number of fused-ring (bicyclic) bond motifs is 2. The molecule has 3 aromatic heterocycles. The lowest BCUT2D eigenvalue weighted by Gasteiger charge is -2.24. The van der Waals surface area contributed by atoms with Crippen molar-refractivity contribution in [1.29, 1.82) is 0 Å². The molecule has 1 aliphatic heterocycles. The number of ether oxygens (including phenoxy) is 1. The zero-order chi connectivity index (χ0) is 33.6. The van der Waals surface area contributed by atoms with Crippen LogP contribution in [0.1, 0.15) is 29.0 Å². The predicted molar refractivity (Wildman–Crippen MR) is 183 cm³/mol. The van der Waals surface area contributed by atoms with Crippen LogP contribution in [0.2, 0.25) is 0 Å². The normalized spacial score (nSPS) is 14.9. The number of thiophene rings is 1. The highest BCUT2D eigenvalue weighted by atomic mass is 32.2. The maximum absolute atomic E-state index is 14.3. The summed E-state index contributed by atoms with van der Waals surface area (Å²) in [5.74, 6) is -0.581. The van der Waals surface area contributed by atoms with Crippen molar-refractivity contribution in [2.45, 2.75) is 17.9 Å². The lowest BCUT2D eigenvalue weighted by molar-refractivity contribution is -0.385. The first-order chi connectivity index (χ1) is 23.2. The number of non-ortho nitro benzene ring substituents is 1. The van der Waals surface area contributed by atoms with Gasteiger partial charge in [-0.3, -0.25) is 19.5 Å². The number of hydrogen-bond acceptors (Lipinski definition) is 10. The van der Waals surface area contributed by atoms with Crippen LogP contribution in [0.15, 0.2) is 123 Å². The highest BCUT2D eigenvalue weighted by Crippen LogP contribution is 2.37. The van der Waals surface area contributed by atoms with Crippen molar-refractivity contribution in [1.82, 2.24) is 8.54 Å². The van der Waals surface area contributed by atoms with Crippen LogP contribution < -0.4 is 14.9 Å². The van der Waals surface area contributed by atoms with E-state index < -0.39 is 32.5 Å². The summed E-state index contributed by atoms with van der Waals surface area (Å²) in [5.41, 5.74) is 1.33. The molecule has 14 heteroatoms. The molecule has 1 atom stereocenters. The second kappa shape index (κ2) is 12.3. The molecule has 0 unspecified atom stereocenters. The highest BCUT2D eigenvalue weighted by molar-refractivity contribution is 7.90. The van der Waals surface area contributed by atoms with Crippen molar-refractivity contribution in [2.75, 3.05) is 6.61 Å². The van der Waals surface area contributed by atoms with Crippen molar-refractivity contribution >= 4 is 67.0 Å². The Morgan fingerprint density at radius 2 is 1.81 bits per heavy atom. The first-order valence-electron chi connectivity index (χ1n) is 14.6. The monoisotopic (exact) mass is 696 g/mol. The fraction of sp³-hybridized carbons (Fsp3) is 0.0882. The molecule has 0 fully saturated rings. The minimum atomic E-state index is -4.27. The van der Waals surface area contributed by atoms with E-state index in [2.05, 4.69) is 0 Å². The van der Waals surface area contributed by atoms with E-state index in [-0.39, 0.29) is 27.3 Å². The summed E-state index contributed by atoms with van der Waals surface area (Å²) in [5, 5.41) is 13.8. The first-order valence-corrected chi connectivity index (χ1v) is 17.7. The number of carbonyl (C=O) groups excluding carboxylic acids is 1. The summed E-state index contributed by atoms with van der Waals surface area (Å²) in [6, 6.07) is 23.7. The van der Waals surface area contributed by atoms with Crippen LogP contribution in [0.25, 0.3) is 22.7 Å². The summed E-state index contributed by atoms with van der Waals surface area (Å²) in [6.45, 7) is 1.85. The second-order valence-corrected chi connectivity index (χ2v) is 14.4. The van der Waals surface area contributed by atoms with Crippen molar-refractivity contribution < 1.29 is 22.9 Å². The van der Waals surface area contributed by atoms with Gasteiger partial charge < -0.3 is 4.74 Å². The van der Waals surface area contributed by atoms with Crippen molar-refractivity contribution in [3.63, 3.8) is 0 Å². The van der Waals surface area contributed by atoms with Gasteiger partial charge in [0, 0.05) is 39.7 Å². The molecule has 4 heterocycles. The molecule has 7 rings (SSSR count). The standard InChI is InChI=1S/C34H24N4O7S3/c1-2-45-33(40)29-30(21-10-4-3-5-11-21)35-34-37(31(29)27-16-9-17-46-27)32(39)28(47-34)18-22-20-36(26-15-7-6-14-25(22)26)48(43,44)24-13-8-12-23(19-24)38(41)42/h3-20,31H,2H2,1H3/b28-18-/t31-/m1/s1. The molecule has 0 radical (unpaired) electrons. The third-order valence-corrected chi connectivity index (χ3v) is 11.3. The molecular weight excluding hydrogens is 673 g/mol. The van der Waals surface area contributed by atoms with Gasteiger partial charge >= 0.3 is 5.97 Å². The minimum absolute atomic E-state index is 0.134. The predicted octanol–water partition coefficient (Wildman–Crippen LogP) is 5.10. The van der Waals surface area contributed by atoms with Crippen molar-refractivity contribution in [3.05, 3.63) is 154 Å². The molecule has 0 saturated carbocycles.